The maximum Gasteiger partial charge on any atom is 0.163 e. The molecule has 20 heavy (non-hydrogen) atoms. The van der Waals surface area contributed by atoms with Gasteiger partial charge < -0.3 is 0 Å². The fourth-order valence-electron chi connectivity index (χ4n) is 1.95. The van der Waals surface area contributed by atoms with Crippen molar-refractivity contribution in [2.45, 2.75) is 13.8 Å². The molecular weight excluding hydrogens is 248 g/mol. The third kappa shape index (κ3) is 2.54. The van der Waals surface area contributed by atoms with Crippen LogP contribution in [0.4, 0.5) is 0 Å². The number of hydrogen-bond donors (Lipinski definition) is 0. The van der Waals surface area contributed by atoms with Gasteiger partial charge >= 0.3 is 0 Å². The molecular formula is C16H14N4. The van der Waals surface area contributed by atoms with Crippen LogP contribution in [0.15, 0.2) is 48.7 Å². The summed E-state index contributed by atoms with van der Waals surface area (Å²) in [4.78, 5) is 16.6. The molecule has 98 valence electrons. The summed E-state index contributed by atoms with van der Waals surface area (Å²) in [5.41, 5.74) is 2.45. The molecule has 0 aliphatic heterocycles. The highest BCUT2D eigenvalue weighted by atomic mass is 15.0. The fraction of sp³-hybridized carbons (Fsp3) is 0.125. The smallest absolute Gasteiger partial charge is 0.163 e. The van der Waals surface area contributed by atoms with Crippen LogP contribution in [0.3, 0.4) is 0 Å². The first-order chi connectivity index (χ1) is 10.9. The van der Waals surface area contributed by atoms with Crippen molar-refractivity contribution in [2.24, 2.45) is 0 Å². The highest BCUT2D eigenvalue weighted by molar-refractivity contribution is 5.66. The summed E-state index contributed by atoms with van der Waals surface area (Å²) >= 11 is 0. The van der Waals surface area contributed by atoms with E-state index in [1.807, 2.05) is 36.4 Å². The quantitative estimate of drug-likeness (QED) is 0.714. The lowest BCUT2D eigenvalue weighted by molar-refractivity contribution is 0.928. The minimum Gasteiger partial charge on any atom is -0.256 e. The van der Waals surface area contributed by atoms with E-state index in [1.165, 1.54) is 0 Å². The average molecular weight is 265 g/mol. The molecule has 0 aliphatic rings. The molecule has 0 atom stereocenters. The summed E-state index contributed by atoms with van der Waals surface area (Å²) in [6.07, 6.45) is 1.66. The molecule has 0 spiro atoms. The summed E-state index contributed by atoms with van der Waals surface area (Å²) in [7, 11) is 0. The Kier molecular flexibility index (Phi) is 2.41. The van der Waals surface area contributed by atoms with E-state index in [0.29, 0.717) is 17.2 Å². The second kappa shape index (κ2) is 5.17. The highest BCUT2D eigenvalue weighted by Crippen LogP contribution is 2.22. The Morgan fingerprint density at radius 2 is 1.70 bits per heavy atom. The summed E-state index contributed by atoms with van der Waals surface area (Å²) in [6.45, 7) is -0.711. The number of rotatable bonds is 2. The van der Waals surface area contributed by atoms with E-state index < -0.39 is 6.85 Å². The Hall–Kier alpha value is -2.62. The van der Waals surface area contributed by atoms with Crippen LogP contribution in [-0.4, -0.2) is 19.9 Å². The third-order valence-electron chi connectivity index (χ3n) is 2.83. The zero-order valence-corrected chi connectivity index (χ0v) is 10.9. The maximum atomic E-state index is 7.47. The first kappa shape index (κ1) is 9.31. The van der Waals surface area contributed by atoms with Crippen LogP contribution in [0.5, 0.6) is 0 Å². The molecule has 1 aromatic carbocycles. The highest BCUT2D eigenvalue weighted by Gasteiger charge is 2.06. The van der Waals surface area contributed by atoms with Gasteiger partial charge in [-0.1, -0.05) is 30.3 Å². The molecule has 0 aliphatic carbocycles. The Labute approximate surface area is 121 Å². The van der Waals surface area contributed by atoms with Crippen LogP contribution < -0.4 is 0 Å². The lowest BCUT2D eigenvalue weighted by Gasteiger charge is -2.05. The first-order valence-corrected chi connectivity index (χ1v) is 6.18. The molecule has 0 radical (unpaired) electrons. The summed E-state index contributed by atoms with van der Waals surface area (Å²) in [5, 5.41) is 0. The molecule has 2 heterocycles. The molecule has 0 bridgehead atoms. The van der Waals surface area contributed by atoms with Crippen molar-refractivity contribution >= 4 is 0 Å². The largest absolute Gasteiger partial charge is 0.256 e. The van der Waals surface area contributed by atoms with E-state index in [4.69, 9.17) is 4.11 Å². The number of hydrogen-bond acceptors (Lipinski definition) is 4. The molecule has 3 aromatic rings. The Balaban J connectivity index is 2.08. The zero-order chi connectivity index (χ0) is 16.4. The van der Waals surface area contributed by atoms with Gasteiger partial charge in [0.1, 0.15) is 11.6 Å². The van der Waals surface area contributed by atoms with Crippen molar-refractivity contribution in [3.8, 4) is 22.6 Å². The molecule has 4 heteroatoms. The summed E-state index contributed by atoms with van der Waals surface area (Å²) in [6, 6.07) is 13.3. The van der Waals surface area contributed by atoms with Crippen molar-refractivity contribution in [1.29, 1.82) is 0 Å². The first-order valence-electron chi connectivity index (χ1n) is 7.68. The van der Waals surface area contributed by atoms with Gasteiger partial charge in [0.25, 0.3) is 0 Å². The molecule has 0 unspecified atom stereocenters. The van der Waals surface area contributed by atoms with E-state index in [0.717, 1.165) is 11.3 Å². The van der Waals surface area contributed by atoms with Crippen molar-refractivity contribution < 1.29 is 4.11 Å². The van der Waals surface area contributed by atoms with E-state index in [9.17, 15) is 0 Å². The van der Waals surface area contributed by atoms with Crippen molar-refractivity contribution in [1.82, 2.24) is 19.9 Å². The van der Waals surface area contributed by atoms with E-state index >= 15 is 0 Å². The SMILES string of the molecule is [2H]C([2H])([2H])c1nc(C)nc(-c2ccnc(-c3ccccc3)c2)n1. The van der Waals surface area contributed by atoms with E-state index in [1.54, 1.807) is 19.2 Å². The molecule has 0 saturated heterocycles. The van der Waals surface area contributed by atoms with Gasteiger partial charge in [0, 0.05) is 21.4 Å². The molecule has 3 rings (SSSR count). The molecule has 0 fully saturated rings. The van der Waals surface area contributed by atoms with Crippen LogP contribution in [-0.2, 0) is 0 Å². The maximum absolute atomic E-state index is 7.47. The predicted octanol–water partition coefficient (Wildman–Crippen LogP) is 3.22. The zero-order valence-electron chi connectivity index (χ0n) is 13.9. The van der Waals surface area contributed by atoms with Gasteiger partial charge in [-0.15, -0.1) is 0 Å². The lowest BCUT2D eigenvalue weighted by atomic mass is 10.1. The molecule has 0 amide bonds. The van der Waals surface area contributed by atoms with E-state index in [-0.39, 0.29) is 5.82 Å². The minimum absolute atomic E-state index is 0.196. The van der Waals surface area contributed by atoms with Gasteiger partial charge in [0.15, 0.2) is 5.82 Å². The molecule has 2 aromatic heterocycles. The molecule has 4 nitrogen and oxygen atoms in total. The monoisotopic (exact) mass is 265 g/mol. The molecule has 0 saturated carbocycles. The minimum atomic E-state index is -2.36. The second-order valence-corrected chi connectivity index (χ2v) is 4.33. The van der Waals surface area contributed by atoms with Gasteiger partial charge in [-0.25, -0.2) is 15.0 Å². The number of pyridine rings is 1. The number of nitrogens with zero attached hydrogens (tertiary/aromatic N) is 4. The third-order valence-corrected chi connectivity index (χ3v) is 2.83. The predicted molar refractivity (Wildman–Crippen MR) is 78.0 cm³/mol. The summed E-state index contributed by atoms with van der Waals surface area (Å²) < 4.78 is 22.4. The number of benzene rings is 1. The van der Waals surface area contributed by atoms with Crippen LogP contribution in [0.1, 0.15) is 15.8 Å². The van der Waals surface area contributed by atoms with Gasteiger partial charge in [-0.3, -0.25) is 4.98 Å². The van der Waals surface area contributed by atoms with Crippen LogP contribution in [0, 0.1) is 13.8 Å². The van der Waals surface area contributed by atoms with Gasteiger partial charge in [-0.05, 0) is 25.9 Å². The Morgan fingerprint density at radius 3 is 2.50 bits per heavy atom. The van der Waals surface area contributed by atoms with Crippen LogP contribution in [0.2, 0.25) is 0 Å². The second-order valence-electron chi connectivity index (χ2n) is 4.33. The van der Waals surface area contributed by atoms with Crippen molar-refractivity contribution in [3.05, 3.63) is 60.3 Å². The standard InChI is InChI=1S/C16H14N4/c1-11-18-12(2)20-16(19-11)14-8-9-17-15(10-14)13-6-4-3-5-7-13/h3-10H,1-2H3/i1D3. The topological polar surface area (TPSA) is 51.6 Å². The molecule has 0 N–H and O–H groups in total. The van der Waals surface area contributed by atoms with Gasteiger partial charge in [0.05, 0.1) is 5.69 Å². The Morgan fingerprint density at radius 1 is 0.900 bits per heavy atom. The lowest BCUT2D eigenvalue weighted by Crippen LogP contribution is -1.99. The van der Waals surface area contributed by atoms with Gasteiger partial charge in [0.2, 0.25) is 0 Å². The van der Waals surface area contributed by atoms with E-state index in [2.05, 4.69) is 19.9 Å². The average Bonchev–Trinajstić information content (AvgIpc) is 2.54. The normalized spacial score (nSPS) is 13.3. The van der Waals surface area contributed by atoms with Crippen LogP contribution >= 0.6 is 0 Å². The summed E-state index contributed by atoms with van der Waals surface area (Å²) in [5.74, 6) is 0.514. The van der Waals surface area contributed by atoms with Gasteiger partial charge in [-0.2, -0.15) is 0 Å². The van der Waals surface area contributed by atoms with Crippen LogP contribution in [0.25, 0.3) is 22.6 Å². The fourth-order valence-corrected chi connectivity index (χ4v) is 1.95. The van der Waals surface area contributed by atoms with Crippen molar-refractivity contribution in [3.63, 3.8) is 0 Å². The van der Waals surface area contributed by atoms with Crippen molar-refractivity contribution in [2.75, 3.05) is 0 Å². The number of aryl methyl sites for hydroxylation is 2. The Bertz CT molecular complexity index is 832. The number of aromatic nitrogens is 4.